The van der Waals surface area contributed by atoms with E-state index in [-0.39, 0.29) is 16.7 Å². The molecule has 0 aliphatic rings. The van der Waals surface area contributed by atoms with E-state index in [1.54, 1.807) is 12.1 Å². The van der Waals surface area contributed by atoms with Crippen LogP contribution in [0, 0.1) is 18.8 Å². The quantitative estimate of drug-likeness (QED) is 0.707. The zero-order chi connectivity index (χ0) is 18.0. The maximum absolute atomic E-state index is 12.6. The number of rotatable bonds is 2. The molecule has 0 spiro atoms. The Labute approximate surface area is 143 Å². The number of fused-ring (bicyclic) bond motifs is 1. The van der Waals surface area contributed by atoms with Gasteiger partial charge in [0.05, 0.1) is 18.0 Å². The second-order valence-corrected chi connectivity index (χ2v) is 5.48. The number of carboxylic acids is 1. The van der Waals surface area contributed by atoms with Crippen molar-refractivity contribution in [2.45, 2.75) is 6.92 Å². The highest BCUT2D eigenvalue weighted by Crippen LogP contribution is 2.25. The molecule has 3 aromatic rings. The summed E-state index contributed by atoms with van der Waals surface area (Å²) in [5.41, 5.74) is 1.47. The van der Waals surface area contributed by atoms with Crippen molar-refractivity contribution in [3.63, 3.8) is 0 Å². The summed E-state index contributed by atoms with van der Waals surface area (Å²) in [6, 6.07) is 12.8. The highest BCUT2D eigenvalue weighted by atomic mass is 16.5. The molecule has 25 heavy (non-hydrogen) atoms. The summed E-state index contributed by atoms with van der Waals surface area (Å²) in [6.45, 7) is 1.48. The predicted molar refractivity (Wildman–Crippen MR) is 95.2 cm³/mol. The summed E-state index contributed by atoms with van der Waals surface area (Å²) in [7, 11) is 1.46. The molecule has 0 saturated heterocycles. The Kier molecular flexibility index (Phi) is 4.27. The second kappa shape index (κ2) is 6.54. The SMILES string of the molecule is COc1cc(C#Cc2ccccc2)cc2c(=O)c(C)c(C(=O)O)[nH]c12. The monoisotopic (exact) mass is 333 g/mol. The molecular weight excluding hydrogens is 318 g/mol. The molecule has 0 aliphatic heterocycles. The number of carboxylic acid groups (broad SMARTS) is 1. The molecule has 0 amide bonds. The van der Waals surface area contributed by atoms with E-state index in [9.17, 15) is 14.7 Å². The summed E-state index contributed by atoms with van der Waals surface area (Å²) in [6.07, 6.45) is 0. The first-order chi connectivity index (χ1) is 12.0. The lowest BCUT2D eigenvalue weighted by Crippen LogP contribution is -2.16. The van der Waals surface area contributed by atoms with Crippen LogP contribution in [0.4, 0.5) is 0 Å². The Hall–Kier alpha value is -3.52. The van der Waals surface area contributed by atoms with E-state index < -0.39 is 5.97 Å². The van der Waals surface area contributed by atoms with E-state index in [0.29, 0.717) is 22.2 Å². The van der Waals surface area contributed by atoms with Crippen molar-refractivity contribution in [2.24, 2.45) is 0 Å². The third-order valence-electron chi connectivity index (χ3n) is 3.87. The molecule has 0 radical (unpaired) electrons. The summed E-state index contributed by atoms with van der Waals surface area (Å²) >= 11 is 0. The van der Waals surface area contributed by atoms with Crippen LogP contribution in [-0.4, -0.2) is 23.2 Å². The number of H-pyrrole nitrogens is 1. The average Bonchev–Trinajstić information content (AvgIpc) is 2.63. The van der Waals surface area contributed by atoms with Crippen LogP contribution in [0.3, 0.4) is 0 Å². The van der Waals surface area contributed by atoms with Gasteiger partial charge in [0.1, 0.15) is 11.4 Å². The Morgan fingerprint density at radius 3 is 2.44 bits per heavy atom. The molecule has 5 nitrogen and oxygen atoms in total. The fraction of sp³-hybridized carbons (Fsp3) is 0.100. The number of hydrogen-bond acceptors (Lipinski definition) is 3. The molecule has 0 fully saturated rings. The minimum atomic E-state index is -1.19. The van der Waals surface area contributed by atoms with Crippen LogP contribution >= 0.6 is 0 Å². The molecule has 2 N–H and O–H groups in total. The maximum atomic E-state index is 12.6. The standard InChI is InChI=1S/C20H15NO4/c1-12-17(20(23)24)21-18-15(19(12)22)10-14(11-16(18)25-2)9-8-13-6-4-3-5-7-13/h3-7,10-11H,1-2H3,(H,21,22)(H,23,24). The zero-order valence-electron chi connectivity index (χ0n) is 13.7. The summed E-state index contributed by atoms with van der Waals surface area (Å²) < 4.78 is 5.32. The van der Waals surface area contributed by atoms with Gasteiger partial charge in [0, 0.05) is 16.7 Å². The molecule has 0 unspecified atom stereocenters. The van der Waals surface area contributed by atoms with Crippen molar-refractivity contribution in [3.05, 3.63) is 75.1 Å². The lowest BCUT2D eigenvalue weighted by molar-refractivity contribution is 0.0690. The molecule has 5 heteroatoms. The number of aromatic carboxylic acids is 1. The molecule has 2 aromatic carbocycles. The van der Waals surface area contributed by atoms with Gasteiger partial charge in [-0.05, 0) is 31.2 Å². The molecule has 124 valence electrons. The van der Waals surface area contributed by atoms with Crippen LogP contribution in [0.15, 0.2) is 47.3 Å². The smallest absolute Gasteiger partial charge is 0.352 e. The highest BCUT2D eigenvalue weighted by molar-refractivity contribution is 5.94. The number of aromatic amines is 1. The molecule has 0 aliphatic carbocycles. The minimum Gasteiger partial charge on any atom is -0.495 e. The first kappa shape index (κ1) is 16.3. The number of methoxy groups -OCH3 is 1. The van der Waals surface area contributed by atoms with Gasteiger partial charge in [0.15, 0.2) is 5.43 Å². The van der Waals surface area contributed by atoms with Gasteiger partial charge in [-0.2, -0.15) is 0 Å². The average molecular weight is 333 g/mol. The Morgan fingerprint density at radius 2 is 1.80 bits per heavy atom. The van der Waals surface area contributed by atoms with Gasteiger partial charge in [-0.3, -0.25) is 4.79 Å². The fourth-order valence-electron chi connectivity index (χ4n) is 2.57. The topological polar surface area (TPSA) is 79.4 Å². The van der Waals surface area contributed by atoms with Crippen molar-refractivity contribution >= 4 is 16.9 Å². The van der Waals surface area contributed by atoms with Gasteiger partial charge in [-0.15, -0.1) is 0 Å². The van der Waals surface area contributed by atoms with Crippen LogP contribution in [0.5, 0.6) is 5.75 Å². The number of ether oxygens (including phenoxy) is 1. The Balaban J connectivity index is 2.23. The van der Waals surface area contributed by atoms with Crippen LogP contribution in [-0.2, 0) is 0 Å². The fourth-order valence-corrected chi connectivity index (χ4v) is 2.57. The van der Waals surface area contributed by atoms with Crippen molar-refractivity contribution in [1.29, 1.82) is 0 Å². The highest BCUT2D eigenvalue weighted by Gasteiger charge is 2.16. The molecule has 1 heterocycles. The normalized spacial score (nSPS) is 10.2. The molecule has 0 bridgehead atoms. The molecule has 0 saturated carbocycles. The van der Waals surface area contributed by atoms with Crippen molar-refractivity contribution < 1.29 is 14.6 Å². The number of nitrogens with one attached hydrogen (secondary N) is 1. The summed E-state index contributed by atoms with van der Waals surface area (Å²) in [5.74, 6) is 5.22. The van der Waals surface area contributed by atoms with Crippen LogP contribution < -0.4 is 10.2 Å². The lowest BCUT2D eigenvalue weighted by Gasteiger charge is -2.09. The number of benzene rings is 2. The van der Waals surface area contributed by atoms with Gasteiger partial charge in [-0.1, -0.05) is 30.0 Å². The van der Waals surface area contributed by atoms with Gasteiger partial charge in [0.2, 0.25) is 0 Å². The van der Waals surface area contributed by atoms with Crippen molar-refractivity contribution in [2.75, 3.05) is 7.11 Å². The Morgan fingerprint density at radius 1 is 1.12 bits per heavy atom. The molecule has 0 atom stereocenters. The van der Waals surface area contributed by atoms with E-state index >= 15 is 0 Å². The third kappa shape index (κ3) is 3.10. The minimum absolute atomic E-state index is 0.140. The third-order valence-corrected chi connectivity index (χ3v) is 3.87. The predicted octanol–water partition coefficient (Wildman–Crippen LogP) is 2.94. The van der Waals surface area contributed by atoms with E-state index in [4.69, 9.17) is 4.74 Å². The van der Waals surface area contributed by atoms with Crippen molar-refractivity contribution in [1.82, 2.24) is 4.98 Å². The summed E-state index contributed by atoms with van der Waals surface area (Å²) in [4.78, 5) is 26.7. The van der Waals surface area contributed by atoms with Gasteiger partial charge < -0.3 is 14.8 Å². The van der Waals surface area contributed by atoms with E-state index in [0.717, 1.165) is 5.56 Å². The van der Waals surface area contributed by atoms with Crippen LogP contribution in [0.1, 0.15) is 27.2 Å². The van der Waals surface area contributed by atoms with E-state index in [2.05, 4.69) is 16.8 Å². The van der Waals surface area contributed by atoms with Gasteiger partial charge in [-0.25, -0.2) is 4.79 Å². The summed E-state index contributed by atoms with van der Waals surface area (Å²) in [5, 5.41) is 9.59. The largest absolute Gasteiger partial charge is 0.495 e. The number of aromatic nitrogens is 1. The van der Waals surface area contributed by atoms with Crippen molar-refractivity contribution in [3.8, 4) is 17.6 Å². The van der Waals surface area contributed by atoms with E-state index in [1.807, 2.05) is 30.3 Å². The van der Waals surface area contributed by atoms with Gasteiger partial charge in [0.25, 0.3) is 0 Å². The number of hydrogen-bond donors (Lipinski definition) is 2. The lowest BCUT2D eigenvalue weighted by atomic mass is 10.1. The number of carbonyl (C=O) groups is 1. The van der Waals surface area contributed by atoms with Crippen LogP contribution in [0.2, 0.25) is 0 Å². The molecule has 1 aromatic heterocycles. The Bertz CT molecular complexity index is 1090. The van der Waals surface area contributed by atoms with Gasteiger partial charge >= 0.3 is 5.97 Å². The van der Waals surface area contributed by atoms with Crippen LogP contribution in [0.25, 0.3) is 10.9 Å². The second-order valence-electron chi connectivity index (χ2n) is 5.48. The number of pyridine rings is 1. The molecule has 3 rings (SSSR count). The zero-order valence-corrected chi connectivity index (χ0v) is 13.7. The molecular formula is C20H15NO4. The first-order valence-corrected chi connectivity index (χ1v) is 7.56. The maximum Gasteiger partial charge on any atom is 0.352 e. The first-order valence-electron chi connectivity index (χ1n) is 7.56. The van der Waals surface area contributed by atoms with E-state index in [1.165, 1.54) is 14.0 Å².